The molecule has 0 fully saturated rings. The van der Waals surface area contributed by atoms with Crippen LogP contribution in [-0.4, -0.2) is 20.9 Å². The van der Waals surface area contributed by atoms with E-state index in [2.05, 4.69) is 39.8 Å². The van der Waals surface area contributed by atoms with Crippen LogP contribution in [0.15, 0.2) is 40.3 Å². The Morgan fingerprint density at radius 1 is 1.30 bits per heavy atom. The van der Waals surface area contributed by atoms with Crippen LogP contribution in [0.1, 0.15) is 56.5 Å². The molecule has 1 aliphatic rings. The van der Waals surface area contributed by atoms with Gasteiger partial charge in [-0.3, -0.25) is 9.36 Å². The standard InChI is InChI=1S/C24H30N2O2S2/c1-5-24(4)13-18-19(15-28-24)30-21-20(18)22(27)26(14-17-9-7-6-8-10-17)23(25-21)29-12-11-16(2)3/h6-10,16H,5,11-15H2,1-4H3. The van der Waals surface area contributed by atoms with Crippen molar-refractivity contribution in [1.82, 2.24) is 9.55 Å². The SMILES string of the molecule is CCC1(C)Cc2c(sc3nc(SCCC(C)C)n(Cc4ccccc4)c(=O)c23)CO1. The van der Waals surface area contributed by atoms with E-state index in [1.807, 2.05) is 22.8 Å². The summed E-state index contributed by atoms with van der Waals surface area (Å²) in [4.78, 5) is 20.8. The molecule has 0 N–H and O–H groups in total. The van der Waals surface area contributed by atoms with Crippen LogP contribution in [0, 0.1) is 5.92 Å². The molecule has 0 radical (unpaired) electrons. The molecule has 1 unspecified atom stereocenters. The van der Waals surface area contributed by atoms with Crippen molar-refractivity contribution < 1.29 is 4.74 Å². The van der Waals surface area contributed by atoms with E-state index in [1.54, 1.807) is 23.1 Å². The number of benzene rings is 1. The lowest BCUT2D eigenvalue weighted by Crippen LogP contribution is -2.34. The van der Waals surface area contributed by atoms with Crippen LogP contribution >= 0.6 is 23.1 Å². The maximum Gasteiger partial charge on any atom is 0.263 e. The molecular formula is C24H30N2O2S2. The lowest BCUT2D eigenvalue weighted by molar-refractivity contribution is -0.0543. The molecule has 0 saturated carbocycles. The van der Waals surface area contributed by atoms with Crippen molar-refractivity contribution in [3.05, 3.63) is 56.7 Å². The lowest BCUT2D eigenvalue weighted by Gasteiger charge is -2.32. The second-order valence-corrected chi connectivity index (χ2v) is 10.9. The average Bonchev–Trinajstić information content (AvgIpc) is 3.08. The number of hydrogen-bond donors (Lipinski definition) is 0. The van der Waals surface area contributed by atoms with Crippen LogP contribution in [-0.2, 0) is 24.3 Å². The second kappa shape index (κ2) is 8.85. The van der Waals surface area contributed by atoms with E-state index >= 15 is 0 Å². The van der Waals surface area contributed by atoms with Crippen LogP contribution in [0.2, 0.25) is 0 Å². The number of ether oxygens (including phenoxy) is 1. The average molecular weight is 443 g/mol. The smallest absolute Gasteiger partial charge is 0.263 e. The fraction of sp³-hybridized carbons (Fsp3) is 0.500. The molecular weight excluding hydrogens is 412 g/mol. The molecule has 3 heterocycles. The van der Waals surface area contributed by atoms with Gasteiger partial charge in [0.15, 0.2) is 5.16 Å². The van der Waals surface area contributed by atoms with Crippen LogP contribution in [0.3, 0.4) is 0 Å². The van der Waals surface area contributed by atoms with Gasteiger partial charge < -0.3 is 4.74 Å². The van der Waals surface area contributed by atoms with E-state index in [9.17, 15) is 4.79 Å². The first-order valence-electron chi connectivity index (χ1n) is 10.8. The summed E-state index contributed by atoms with van der Waals surface area (Å²) < 4.78 is 8.01. The van der Waals surface area contributed by atoms with Gasteiger partial charge in [-0.25, -0.2) is 4.98 Å². The van der Waals surface area contributed by atoms with E-state index in [-0.39, 0.29) is 11.2 Å². The molecule has 1 aliphatic heterocycles. The van der Waals surface area contributed by atoms with Gasteiger partial charge in [0, 0.05) is 17.1 Å². The number of aromatic nitrogens is 2. The number of rotatable bonds is 7. The number of fused-ring (bicyclic) bond motifs is 3. The van der Waals surface area contributed by atoms with E-state index in [0.717, 1.165) is 56.4 Å². The summed E-state index contributed by atoms with van der Waals surface area (Å²) in [6.07, 6.45) is 2.81. The van der Waals surface area contributed by atoms with Crippen molar-refractivity contribution in [3.63, 3.8) is 0 Å². The van der Waals surface area contributed by atoms with Crippen molar-refractivity contribution in [1.29, 1.82) is 0 Å². The molecule has 2 aromatic heterocycles. The molecule has 0 bridgehead atoms. The monoisotopic (exact) mass is 442 g/mol. The molecule has 4 rings (SSSR count). The van der Waals surface area contributed by atoms with Crippen LogP contribution in [0.4, 0.5) is 0 Å². The van der Waals surface area contributed by atoms with Gasteiger partial charge in [0.25, 0.3) is 5.56 Å². The Labute approximate surface area is 186 Å². The zero-order valence-electron chi connectivity index (χ0n) is 18.2. The predicted molar refractivity (Wildman–Crippen MR) is 127 cm³/mol. The third-order valence-corrected chi connectivity index (χ3v) is 8.03. The van der Waals surface area contributed by atoms with E-state index in [4.69, 9.17) is 9.72 Å². The first-order chi connectivity index (χ1) is 14.4. The van der Waals surface area contributed by atoms with Gasteiger partial charge in [0.2, 0.25) is 0 Å². The zero-order chi connectivity index (χ0) is 21.3. The summed E-state index contributed by atoms with van der Waals surface area (Å²) >= 11 is 3.33. The maximum absolute atomic E-state index is 13.8. The highest BCUT2D eigenvalue weighted by Gasteiger charge is 2.33. The topological polar surface area (TPSA) is 44.1 Å². The number of thiophene rings is 1. The van der Waals surface area contributed by atoms with Crippen LogP contribution in [0.25, 0.3) is 10.2 Å². The predicted octanol–water partition coefficient (Wildman–Crippen LogP) is 5.89. The molecule has 30 heavy (non-hydrogen) atoms. The molecule has 160 valence electrons. The Morgan fingerprint density at radius 2 is 2.07 bits per heavy atom. The minimum absolute atomic E-state index is 0.0914. The third-order valence-electron chi connectivity index (χ3n) is 5.92. The molecule has 0 saturated heterocycles. The Hall–Kier alpha value is -1.63. The molecule has 1 atom stereocenters. The third kappa shape index (κ3) is 4.36. The van der Waals surface area contributed by atoms with Crippen LogP contribution in [0.5, 0.6) is 0 Å². The van der Waals surface area contributed by atoms with E-state index in [0.29, 0.717) is 19.1 Å². The number of hydrogen-bond acceptors (Lipinski definition) is 5. The van der Waals surface area contributed by atoms with Gasteiger partial charge in [0.1, 0.15) is 4.83 Å². The molecule has 0 amide bonds. The summed E-state index contributed by atoms with van der Waals surface area (Å²) in [5.74, 6) is 1.60. The Balaban J connectivity index is 1.81. The summed E-state index contributed by atoms with van der Waals surface area (Å²) in [7, 11) is 0. The summed E-state index contributed by atoms with van der Waals surface area (Å²) in [5.41, 5.74) is 2.16. The highest BCUT2D eigenvalue weighted by Crippen LogP contribution is 2.39. The highest BCUT2D eigenvalue weighted by molar-refractivity contribution is 7.99. The molecule has 1 aromatic carbocycles. The van der Waals surface area contributed by atoms with E-state index in [1.165, 1.54) is 0 Å². The normalized spacial score (nSPS) is 18.8. The highest BCUT2D eigenvalue weighted by atomic mass is 32.2. The largest absolute Gasteiger partial charge is 0.369 e. The first-order valence-corrected chi connectivity index (χ1v) is 12.6. The van der Waals surface area contributed by atoms with Crippen molar-refractivity contribution in [2.24, 2.45) is 5.92 Å². The van der Waals surface area contributed by atoms with Gasteiger partial charge >= 0.3 is 0 Å². The van der Waals surface area contributed by atoms with Crippen LogP contribution < -0.4 is 5.56 Å². The fourth-order valence-electron chi connectivity index (χ4n) is 3.76. The minimum Gasteiger partial charge on any atom is -0.369 e. The van der Waals surface area contributed by atoms with Gasteiger partial charge in [-0.05, 0) is 36.8 Å². The molecule has 4 nitrogen and oxygen atoms in total. The Bertz CT molecular complexity index is 1090. The molecule has 0 aliphatic carbocycles. The molecule has 0 spiro atoms. The first kappa shape index (κ1) is 21.6. The van der Waals surface area contributed by atoms with Crippen molar-refractivity contribution in [2.75, 3.05) is 5.75 Å². The van der Waals surface area contributed by atoms with Gasteiger partial charge in [-0.2, -0.15) is 0 Å². The minimum atomic E-state index is -0.206. The summed E-state index contributed by atoms with van der Waals surface area (Å²) in [5, 5.41) is 1.64. The maximum atomic E-state index is 13.8. The van der Waals surface area contributed by atoms with Crippen molar-refractivity contribution in [2.45, 2.75) is 70.9 Å². The summed E-state index contributed by atoms with van der Waals surface area (Å²) in [6, 6.07) is 10.2. The quantitative estimate of drug-likeness (QED) is 0.338. The molecule has 6 heteroatoms. The fourth-order valence-corrected chi connectivity index (χ4v) is 6.15. The number of thioether (sulfide) groups is 1. The summed E-state index contributed by atoms with van der Waals surface area (Å²) in [6.45, 7) is 9.88. The zero-order valence-corrected chi connectivity index (χ0v) is 19.9. The Morgan fingerprint density at radius 3 is 2.77 bits per heavy atom. The Kier molecular flexibility index (Phi) is 6.37. The lowest BCUT2D eigenvalue weighted by atomic mass is 9.90. The van der Waals surface area contributed by atoms with Gasteiger partial charge in [-0.15, -0.1) is 11.3 Å². The van der Waals surface area contributed by atoms with Crippen molar-refractivity contribution >= 4 is 33.3 Å². The van der Waals surface area contributed by atoms with Crippen molar-refractivity contribution in [3.8, 4) is 0 Å². The molecule has 3 aromatic rings. The van der Waals surface area contributed by atoms with Gasteiger partial charge in [0.05, 0.1) is 24.1 Å². The van der Waals surface area contributed by atoms with Gasteiger partial charge in [-0.1, -0.05) is 62.9 Å². The second-order valence-electron chi connectivity index (χ2n) is 8.76. The van der Waals surface area contributed by atoms with E-state index < -0.39 is 0 Å². The number of nitrogens with zero attached hydrogens (tertiary/aromatic N) is 2.